The average molecular weight is 546 g/mol. The first-order valence-electron chi connectivity index (χ1n) is 12.4. The lowest BCUT2D eigenvalue weighted by Crippen LogP contribution is -2.58. The van der Waals surface area contributed by atoms with Gasteiger partial charge in [0.2, 0.25) is 17.7 Å². The van der Waals surface area contributed by atoms with E-state index in [0.717, 1.165) is 0 Å². The number of hydrogen-bond acceptors (Lipinski definition) is 8. The number of aromatic amines is 1. The molecule has 212 valence electrons. The molecule has 3 amide bonds. The van der Waals surface area contributed by atoms with Gasteiger partial charge in [0.1, 0.15) is 18.1 Å². The van der Waals surface area contributed by atoms with Crippen molar-refractivity contribution in [1.82, 2.24) is 25.9 Å². The number of hydrogen-bond donors (Lipinski definition) is 8. The molecule has 4 unspecified atom stereocenters. The van der Waals surface area contributed by atoms with Gasteiger partial charge in [0.25, 0.3) is 0 Å². The molecule has 39 heavy (non-hydrogen) atoms. The predicted octanol–water partition coefficient (Wildman–Crippen LogP) is -1.34. The van der Waals surface area contributed by atoms with Gasteiger partial charge in [-0.05, 0) is 31.4 Å². The molecule has 0 aliphatic rings. The van der Waals surface area contributed by atoms with E-state index in [0.29, 0.717) is 30.6 Å². The maximum Gasteiger partial charge on any atom is 0.326 e. The highest BCUT2D eigenvalue weighted by atomic mass is 16.4. The van der Waals surface area contributed by atoms with Crippen LogP contribution >= 0.6 is 0 Å². The third-order valence-corrected chi connectivity index (χ3v) is 5.82. The van der Waals surface area contributed by atoms with Crippen molar-refractivity contribution in [2.24, 2.45) is 11.5 Å². The van der Waals surface area contributed by atoms with Crippen LogP contribution < -0.4 is 27.4 Å². The zero-order valence-corrected chi connectivity index (χ0v) is 21.3. The Labute approximate surface area is 224 Å². The first-order chi connectivity index (χ1) is 18.6. The van der Waals surface area contributed by atoms with Gasteiger partial charge in [-0.25, -0.2) is 9.78 Å². The molecule has 14 heteroatoms. The maximum absolute atomic E-state index is 13.4. The molecule has 0 aliphatic carbocycles. The highest BCUT2D eigenvalue weighted by Crippen LogP contribution is 2.08. The lowest BCUT2D eigenvalue weighted by Gasteiger charge is -2.25. The molecule has 0 bridgehead atoms. The summed E-state index contributed by atoms with van der Waals surface area (Å²) in [5.41, 5.74) is 12.3. The summed E-state index contributed by atoms with van der Waals surface area (Å²) >= 11 is 0. The minimum Gasteiger partial charge on any atom is -0.481 e. The molecule has 0 spiro atoms. The number of carbonyl (C=O) groups is 5. The van der Waals surface area contributed by atoms with E-state index in [1.54, 1.807) is 30.3 Å². The second-order valence-electron chi connectivity index (χ2n) is 8.98. The smallest absolute Gasteiger partial charge is 0.326 e. The lowest BCUT2D eigenvalue weighted by atomic mass is 10.0. The zero-order chi connectivity index (χ0) is 28.8. The number of nitrogens with one attached hydrogen (secondary N) is 4. The van der Waals surface area contributed by atoms with Crippen LogP contribution in [0.5, 0.6) is 0 Å². The second kappa shape index (κ2) is 15.8. The molecule has 1 aromatic carbocycles. The topological polar surface area (TPSA) is 243 Å². The Hall–Kier alpha value is -4.30. The van der Waals surface area contributed by atoms with Crippen molar-refractivity contribution in [2.75, 3.05) is 6.54 Å². The number of carbonyl (C=O) groups excluding carboxylic acids is 3. The molecule has 0 radical (unpaired) electrons. The summed E-state index contributed by atoms with van der Waals surface area (Å²) in [7, 11) is 0. The van der Waals surface area contributed by atoms with Crippen molar-refractivity contribution in [1.29, 1.82) is 0 Å². The minimum atomic E-state index is -1.41. The summed E-state index contributed by atoms with van der Waals surface area (Å²) in [5, 5.41) is 26.0. The summed E-state index contributed by atoms with van der Waals surface area (Å²) in [6, 6.07) is 3.75. The summed E-state index contributed by atoms with van der Waals surface area (Å²) in [6.07, 6.45) is 3.38. The highest BCUT2D eigenvalue weighted by molar-refractivity contribution is 5.95. The first kappa shape index (κ1) is 30.9. The normalized spacial score (nSPS) is 13.9. The average Bonchev–Trinajstić information content (AvgIpc) is 3.40. The molecule has 0 fully saturated rings. The predicted molar refractivity (Wildman–Crippen MR) is 139 cm³/mol. The molecule has 1 aromatic heterocycles. The molecule has 4 atom stereocenters. The van der Waals surface area contributed by atoms with Gasteiger partial charge < -0.3 is 42.6 Å². The summed E-state index contributed by atoms with van der Waals surface area (Å²) in [4.78, 5) is 68.5. The fourth-order valence-corrected chi connectivity index (χ4v) is 3.74. The van der Waals surface area contributed by atoms with Crippen LogP contribution in [0.3, 0.4) is 0 Å². The van der Waals surface area contributed by atoms with E-state index in [2.05, 4.69) is 25.9 Å². The standard InChI is InChI=1S/C25H35N7O7/c26-9-5-4-8-18(25(38)39)30-23(36)19(10-15-6-2-1-3-7-15)32-24(37)20(11-16-13-28-14-29-16)31-22(35)17(27)12-21(33)34/h1-3,6-7,13-14,17-20H,4-5,8-12,26-27H2,(H,28,29)(H,30,36)(H,31,35)(H,32,37)(H,33,34)(H,38,39). The van der Waals surface area contributed by atoms with Gasteiger partial charge in [-0.1, -0.05) is 30.3 Å². The number of aliphatic carboxylic acids is 2. The van der Waals surface area contributed by atoms with E-state index >= 15 is 0 Å². The van der Waals surface area contributed by atoms with Crippen LogP contribution in [0.4, 0.5) is 0 Å². The molecule has 0 saturated carbocycles. The van der Waals surface area contributed by atoms with Gasteiger partial charge in [0, 0.05) is 24.7 Å². The molecule has 10 N–H and O–H groups in total. The minimum absolute atomic E-state index is 0.0385. The van der Waals surface area contributed by atoms with Gasteiger partial charge in [-0.3, -0.25) is 19.2 Å². The number of nitrogens with zero attached hydrogens (tertiary/aromatic N) is 1. The van der Waals surface area contributed by atoms with Crippen LogP contribution in [0.2, 0.25) is 0 Å². The lowest BCUT2D eigenvalue weighted by molar-refractivity contribution is -0.142. The number of carboxylic acids is 2. The van der Waals surface area contributed by atoms with Crippen LogP contribution in [0.1, 0.15) is 36.9 Å². The number of imidazole rings is 1. The van der Waals surface area contributed by atoms with Crippen molar-refractivity contribution in [3.05, 3.63) is 54.1 Å². The maximum atomic E-state index is 13.4. The fourth-order valence-electron chi connectivity index (χ4n) is 3.74. The van der Waals surface area contributed by atoms with E-state index in [-0.39, 0.29) is 19.3 Å². The number of unbranched alkanes of at least 4 members (excludes halogenated alkanes) is 1. The third-order valence-electron chi connectivity index (χ3n) is 5.82. The van der Waals surface area contributed by atoms with Crippen molar-refractivity contribution in [2.45, 2.75) is 62.7 Å². The van der Waals surface area contributed by atoms with E-state index in [1.165, 1.54) is 12.5 Å². The number of rotatable bonds is 17. The number of amides is 3. The van der Waals surface area contributed by atoms with E-state index < -0.39 is 60.2 Å². The van der Waals surface area contributed by atoms with Gasteiger partial charge in [-0.2, -0.15) is 0 Å². The van der Waals surface area contributed by atoms with E-state index in [1.807, 2.05) is 0 Å². The van der Waals surface area contributed by atoms with Crippen LogP contribution in [-0.4, -0.2) is 80.6 Å². The Morgan fingerprint density at radius 3 is 2.05 bits per heavy atom. The third kappa shape index (κ3) is 10.9. The molecule has 0 saturated heterocycles. The van der Waals surface area contributed by atoms with Crippen LogP contribution in [0, 0.1) is 0 Å². The quantitative estimate of drug-likeness (QED) is 0.109. The van der Waals surface area contributed by atoms with Crippen molar-refractivity contribution >= 4 is 29.7 Å². The Kier molecular flexibility index (Phi) is 12.6. The molecular formula is C25H35N7O7. The fraction of sp³-hybridized carbons (Fsp3) is 0.440. The van der Waals surface area contributed by atoms with Crippen molar-refractivity contribution in [3.63, 3.8) is 0 Å². The molecule has 1 heterocycles. The highest BCUT2D eigenvalue weighted by Gasteiger charge is 2.31. The molecule has 14 nitrogen and oxygen atoms in total. The Morgan fingerprint density at radius 2 is 1.49 bits per heavy atom. The van der Waals surface area contributed by atoms with Crippen LogP contribution in [-0.2, 0) is 36.8 Å². The number of nitrogens with two attached hydrogens (primary N) is 2. The Morgan fingerprint density at radius 1 is 0.872 bits per heavy atom. The Balaban J connectivity index is 2.25. The van der Waals surface area contributed by atoms with E-state index in [9.17, 15) is 29.1 Å². The summed E-state index contributed by atoms with van der Waals surface area (Å²) in [6.45, 7) is 0.381. The van der Waals surface area contributed by atoms with Gasteiger partial charge in [0.15, 0.2) is 0 Å². The Bertz CT molecular complexity index is 1100. The molecule has 0 aliphatic heterocycles. The monoisotopic (exact) mass is 545 g/mol. The largest absolute Gasteiger partial charge is 0.481 e. The second-order valence-corrected chi connectivity index (χ2v) is 8.98. The number of H-pyrrole nitrogens is 1. The summed E-state index contributed by atoms with van der Waals surface area (Å²) < 4.78 is 0. The van der Waals surface area contributed by atoms with Gasteiger partial charge >= 0.3 is 11.9 Å². The number of aromatic nitrogens is 2. The number of benzene rings is 1. The molecule has 2 rings (SSSR count). The zero-order valence-electron chi connectivity index (χ0n) is 21.3. The molecular weight excluding hydrogens is 510 g/mol. The van der Waals surface area contributed by atoms with E-state index in [4.69, 9.17) is 16.6 Å². The first-order valence-corrected chi connectivity index (χ1v) is 12.4. The van der Waals surface area contributed by atoms with Gasteiger partial charge in [0.05, 0.1) is 18.8 Å². The van der Waals surface area contributed by atoms with Crippen molar-refractivity contribution < 1.29 is 34.2 Å². The summed E-state index contributed by atoms with van der Waals surface area (Å²) in [5.74, 6) is -4.85. The van der Waals surface area contributed by atoms with Gasteiger partial charge in [-0.15, -0.1) is 0 Å². The SMILES string of the molecule is NCCCCC(NC(=O)C(Cc1ccccc1)NC(=O)C(Cc1cnc[nH]1)NC(=O)C(N)CC(=O)O)C(=O)O. The molecule has 2 aromatic rings. The van der Waals surface area contributed by atoms with Crippen LogP contribution in [0.25, 0.3) is 0 Å². The van der Waals surface area contributed by atoms with Crippen LogP contribution in [0.15, 0.2) is 42.9 Å². The van der Waals surface area contributed by atoms with Crippen molar-refractivity contribution in [3.8, 4) is 0 Å². The number of carboxylic acid groups (broad SMARTS) is 2.